The smallest absolute Gasteiger partial charge is 0.229 e. The zero-order valence-corrected chi connectivity index (χ0v) is 32.3. The SMILES string of the molecule is CN(CCN(C)Cc1cc(O[C@@H]2O[C@H](CO)[C@@H](O)[C@H](O)[C@H]2O)cc(C(C)(C)C)c1O)Cc1cc(O[C@@H]2O[C@H](CO)[C@@H](O)[C@H](O)[C@H]2O)cc(C(C)(C)C)c1O. The number of rotatable bonds is 13. The number of hydrogen-bond acceptors (Lipinski definition) is 16. The molecule has 2 aliphatic heterocycles. The predicted molar refractivity (Wildman–Crippen MR) is 195 cm³/mol. The molecule has 10 atom stereocenters. The molecule has 2 aliphatic rings. The summed E-state index contributed by atoms with van der Waals surface area (Å²) in [4.78, 5) is 3.96. The molecule has 16 heteroatoms. The molecule has 0 aromatic heterocycles. The molecule has 16 nitrogen and oxygen atoms in total. The minimum atomic E-state index is -1.61. The Hall–Kier alpha value is -2.84. The van der Waals surface area contributed by atoms with Crippen molar-refractivity contribution in [3.8, 4) is 23.0 Å². The lowest BCUT2D eigenvalue weighted by atomic mass is 9.85. The molecule has 306 valence electrons. The third-order valence-electron chi connectivity index (χ3n) is 9.89. The summed E-state index contributed by atoms with van der Waals surface area (Å²) in [5, 5.41) is 104. The first-order valence-corrected chi connectivity index (χ1v) is 18.1. The highest BCUT2D eigenvalue weighted by Gasteiger charge is 2.46. The molecule has 0 amide bonds. The van der Waals surface area contributed by atoms with E-state index in [0.717, 1.165) is 0 Å². The van der Waals surface area contributed by atoms with Gasteiger partial charge in [0.25, 0.3) is 0 Å². The Morgan fingerprint density at radius 1 is 0.556 bits per heavy atom. The van der Waals surface area contributed by atoms with E-state index in [1.807, 2.05) is 65.4 Å². The second-order valence-corrected chi connectivity index (χ2v) is 16.6. The van der Waals surface area contributed by atoms with Crippen molar-refractivity contribution in [1.29, 1.82) is 0 Å². The number of aliphatic hydroxyl groups is 8. The van der Waals surface area contributed by atoms with Crippen molar-refractivity contribution in [1.82, 2.24) is 9.80 Å². The normalized spacial score (nSPS) is 29.5. The summed E-state index contributed by atoms with van der Waals surface area (Å²) in [6.45, 7) is 12.0. The van der Waals surface area contributed by atoms with Gasteiger partial charge in [-0.3, -0.25) is 0 Å². The second-order valence-electron chi connectivity index (χ2n) is 16.6. The first kappa shape index (κ1) is 43.9. The largest absolute Gasteiger partial charge is 0.507 e. The highest BCUT2D eigenvalue weighted by molar-refractivity contribution is 5.50. The van der Waals surface area contributed by atoms with Gasteiger partial charge >= 0.3 is 0 Å². The molecule has 10 N–H and O–H groups in total. The third-order valence-corrected chi connectivity index (χ3v) is 9.89. The maximum atomic E-state index is 11.3. The summed E-state index contributed by atoms with van der Waals surface area (Å²) in [5.41, 5.74) is 1.17. The average molecular weight is 769 g/mol. The second kappa shape index (κ2) is 17.5. The van der Waals surface area contributed by atoms with Crippen molar-refractivity contribution in [3.63, 3.8) is 0 Å². The van der Waals surface area contributed by atoms with Crippen LogP contribution in [0.5, 0.6) is 23.0 Å². The van der Waals surface area contributed by atoms with E-state index < -0.39 is 85.5 Å². The zero-order chi connectivity index (χ0) is 40.4. The number of benzene rings is 2. The van der Waals surface area contributed by atoms with E-state index in [4.69, 9.17) is 18.9 Å². The number of nitrogens with zero attached hydrogens (tertiary/aromatic N) is 2. The number of aliphatic hydroxyl groups excluding tert-OH is 8. The van der Waals surface area contributed by atoms with Gasteiger partial charge in [0.15, 0.2) is 0 Å². The predicted octanol–water partition coefficient (Wildman–Crippen LogP) is -0.386. The maximum Gasteiger partial charge on any atom is 0.229 e. The lowest BCUT2D eigenvalue weighted by Crippen LogP contribution is -2.60. The molecule has 2 saturated heterocycles. The fraction of sp³-hybridized carbons (Fsp3) is 0.684. The number of hydrogen-bond donors (Lipinski definition) is 10. The van der Waals surface area contributed by atoms with Gasteiger partial charge in [-0.2, -0.15) is 0 Å². The Bertz CT molecular complexity index is 1430. The summed E-state index contributed by atoms with van der Waals surface area (Å²) < 4.78 is 23.0. The molecule has 0 aliphatic carbocycles. The van der Waals surface area contributed by atoms with E-state index in [2.05, 4.69) is 0 Å². The summed E-state index contributed by atoms with van der Waals surface area (Å²) >= 11 is 0. The van der Waals surface area contributed by atoms with E-state index in [1.165, 1.54) is 0 Å². The van der Waals surface area contributed by atoms with Crippen molar-refractivity contribution in [3.05, 3.63) is 46.5 Å². The van der Waals surface area contributed by atoms with Crippen LogP contribution < -0.4 is 9.47 Å². The number of ether oxygens (including phenoxy) is 4. The highest BCUT2D eigenvalue weighted by atomic mass is 16.7. The first-order chi connectivity index (χ1) is 25.1. The van der Waals surface area contributed by atoms with Crippen molar-refractivity contribution in [2.75, 3.05) is 40.4 Å². The molecule has 2 aromatic carbocycles. The van der Waals surface area contributed by atoms with Crippen LogP contribution in [0.15, 0.2) is 24.3 Å². The summed E-state index contributed by atoms with van der Waals surface area (Å²) in [6.07, 6.45) is -14.6. The standard InChI is InChI=1S/C38H60N2O14/c1-37(2,3)23-13-21(51-35-33(49)31(47)29(45)25(17-41)53-35)11-19(27(23)43)15-39(7)9-10-40(8)16-20-12-22(14-24(28(20)44)38(4,5)6)52-36-34(50)32(48)30(46)26(18-42)54-36/h11-14,25-26,29-36,41-50H,9-10,15-18H2,1-8H3/t25-,26-,29-,30-,31+,32+,33-,34-,35-,36-/m1/s1. The van der Waals surface area contributed by atoms with Crippen molar-refractivity contribution in [2.24, 2.45) is 0 Å². The van der Waals surface area contributed by atoms with Crippen molar-refractivity contribution >= 4 is 0 Å². The number of likely N-dealkylation sites (N-methyl/N-ethyl adjacent to an activating group) is 2. The van der Waals surface area contributed by atoms with Crippen LogP contribution in [0.3, 0.4) is 0 Å². The number of phenolic OH excluding ortho intramolecular Hbond substituents is 2. The Morgan fingerprint density at radius 3 is 1.19 bits per heavy atom. The molecular formula is C38H60N2O14. The van der Waals surface area contributed by atoms with Crippen LogP contribution in [0.2, 0.25) is 0 Å². The van der Waals surface area contributed by atoms with Gasteiger partial charge in [0.2, 0.25) is 12.6 Å². The van der Waals surface area contributed by atoms with Crippen LogP contribution in [0.4, 0.5) is 0 Å². The lowest BCUT2D eigenvalue weighted by molar-refractivity contribution is -0.277. The Morgan fingerprint density at radius 2 is 0.889 bits per heavy atom. The molecule has 0 unspecified atom stereocenters. The first-order valence-electron chi connectivity index (χ1n) is 18.1. The van der Waals surface area contributed by atoms with Crippen LogP contribution in [0, 0.1) is 0 Å². The molecule has 0 bridgehead atoms. The van der Waals surface area contributed by atoms with Crippen LogP contribution in [-0.2, 0) is 33.4 Å². The average Bonchev–Trinajstić information content (AvgIpc) is 3.09. The molecule has 2 aromatic rings. The van der Waals surface area contributed by atoms with E-state index >= 15 is 0 Å². The summed E-state index contributed by atoms with van der Waals surface area (Å²) in [7, 11) is 3.75. The molecule has 2 heterocycles. The molecular weight excluding hydrogens is 708 g/mol. The minimum Gasteiger partial charge on any atom is -0.507 e. The Kier molecular flexibility index (Phi) is 14.2. The fourth-order valence-electron chi connectivity index (χ4n) is 6.53. The molecule has 0 radical (unpaired) electrons. The van der Waals surface area contributed by atoms with Gasteiger partial charge in [-0.25, -0.2) is 0 Å². The zero-order valence-electron chi connectivity index (χ0n) is 32.3. The number of phenols is 2. The number of aromatic hydroxyl groups is 2. The molecule has 0 saturated carbocycles. The van der Waals surface area contributed by atoms with Crippen molar-refractivity contribution < 1.29 is 70.0 Å². The Labute approximate surface area is 316 Å². The van der Waals surface area contributed by atoms with E-state index in [1.54, 1.807) is 24.3 Å². The van der Waals surface area contributed by atoms with Crippen LogP contribution in [-0.4, -0.2) is 163 Å². The van der Waals surface area contributed by atoms with Gasteiger partial charge in [0.05, 0.1) is 13.2 Å². The van der Waals surface area contributed by atoms with Gasteiger partial charge in [0.1, 0.15) is 71.8 Å². The van der Waals surface area contributed by atoms with Gasteiger partial charge in [-0.15, -0.1) is 0 Å². The maximum absolute atomic E-state index is 11.3. The molecule has 2 fully saturated rings. The van der Waals surface area contributed by atoms with Gasteiger partial charge in [-0.05, 0) is 49.2 Å². The van der Waals surface area contributed by atoms with Gasteiger partial charge in [0, 0.05) is 48.4 Å². The highest BCUT2D eigenvalue weighted by Crippen LogP contribution is 2.40. The fourth-order valence-corrected chi connectivity index (χ4v) is 6.53. The van der Waals surface area contributed by atoms with Crippen LogP contribution >= 0.6 is 0 Å². The van der Waals surface area contributed by atoms with Crippen LogP contribution in [0.25, 0.3) is 0 Å². The lowest BCUT2D eigenvalue weighted by Gasteiger charge is -2.39. The summed E-state index contributed by atoms with van der Waals surface area (Å²) in [6, 6.07) is 6.47. The minimum absolute atomic E-state index is 0.0692. The van der Waals surface area contributed by atoms with E-state index in [-0.39, 0.29) is 36.1 Å². The molecule has 0 spiro atoms. The van der Waals surface area contributed by atoms with Crippen molar-refractivity contribution in [2.45, 2.75) is 127 Å². The quantitative estimate of drug-likeness (QED) is 0.125. The van der Waals surface area contributed by atoms with Gasteiger partial charge < -0.3 is 79.8 Å². The third kappa shape index (κ3) is 10.1. The van der Waals surface area contributed by atoms with E-state index in [0.29, 0.717) is 35.3 Å². The Balaban J connectivity index is 1.49. The monoisotopic (exact) mass is 768 g/mol. The molecule has 54 heavy (non-hydrogen) atoms. The van der Waals surface area contributed by atoms with E-state index in [9.17, 15) is 51.1 Å². The van der Waals surface area contributed by atoms with Crippen LogP contribution in [0.1, 0.15) is 63.8 Å². The molecule has 4 rings (SSSR count). The topological polar surface area (TPSA) is 246 Å². The summed E-state index contributed by atoms with van der Waals surface area (Å²) in [5.74, 6) is 0.636. The van der Waals surface area contributed by atoms with Gasteiger partial charge in [-0.1, -0.05) is 41.5 Å².